The topological polar surface area (TPSA) is 94.9 Å². The summed E-state index contributed by atoms with van der Waals surface area (Å²) < 4.78 is 26.3. The van der Waals surface area contributed by atoms with E-state index in [2.05, 4.69) is 0 Å². The fourth-order valence-electron chi connectivity index (χ4n) is 3.07. The van der Waals surface area contributed by atoms with Gasteiger partial charge in [0.05, 0.1) is 17.8 Å². The van der Waals surface area contributed by atoms with Gasteiger partial charge < -0.3 is 10.2 Å². The highest BCUT2D eigenvalue weighted by Crippen LogP contribution is 2.35. The minimum Gasteiger partial charge on any atom is -0.481 e. The van der Waals surface area contributed by atoms with E-state index in [1.165, 1.54) is 4.31 Å². The average molecular weight is 277 g/mol. The first-order chi connectivity index (χ1) is 8.48. The highest BCUT2D eigenvalue weighted by atomic mass is 32.2. The van der Waals surface area contributed by atoms with E-state index in [1.807, 2.05) is 0 Å². The molecule has 1 heterocycles. The van der Waals surface area contributed by atoms with Crippen LogP contribution in [0.4, 0.5) is 0 Å². The van der Waals surface area contributed by atoms with E-state index in [4.69, 9.17) is 5.11 Å². The fraction of sp³-hybridized carbons (Fsp3) is 0.909. The van der Waals surface area contributed by atoms with Crippen molar-refractivity contribution < 1.29 is 23.4 Å². The lowest BCUT2D eigenvalue weighted by molar-refractivity contribution is -0.141. The maximum Gasteiger partial charge on any atom is 0.307 e. The van der Waals surface area contributed by atoms with Crippen LogP contribution in [0, 0.1) is 5.92 Å². The highest BCUT2D eigenvalue weighted by molar-refractivity contribution is 7.89. The second kappa shape index (κ2) is 5.14. The summed E-state index contributed by atoms with van der Waals surface area (Å²) in [5.41, 5.74) is 0. The molecule has 0 spiro atoms. The number of aliphatic hydroxyl groups excluding tert-OH is 1. The molecule has 18 heavy (non-hydrogen) atoms. The Kier molecular flexibility index (Phi) is 3.93. The second-order valence-corrected chi connectivity index (χ2v) is 7.15. The first-order valence-electron chi connectivity index (χ1n) is 6.32. The molecule has 1 saturated carbocycles. The molecule has 0 bridgehead atoms. The van der Waals surface area contributed by atoms with Crippen LogP contribution in [0.3, 0.4) is 0 Å². The molecule has 0 aromatic heterocycles. The van der Waals surface area contributed by atoms with Crippen LogP contribution < -0.4 is 0 Å². The van der Waals surface area contributed by atoms with Crippen molar-refractivity contribution >= 4 is 16.0 Å². The average Bonchev–Trinajstić information content (AvgIpc) is 2.98. The predicted octanol–water partition coefficient (Wildman–Crippen LogP) is 0.0262. The number of aliphatic hydroxyl groups is 1. The van der Waals surface area contributed by atoms with E-state index < -0.39 is 27.2 Å². The van der Waals surface area contributed by atoms with E-state index in [9.17, 15) is 18.3 Å². The molecule has 0 amide bonds. The SMILES string of the molecule is O=C(O)C1CCCC1S(=O)(=O)N1CCCC1CO. The largest absolute Gasteiger partial charge is 0.481 e. The van der Waals surface area contributed by atoms with Gasteiger partial charge in [-0.05, 0) is 25.7 Å². The summed E-state index contributed by atoms with van der Waals surface area (Å²) >= 11 is 0. The van der Waals surface area contributed by atoms with Crippen molar-refractivity contribution in [3.05, 3.63) is 0 Å². The Morgan fingerprint density at radius 3 is 2.56 bits per heavy atom. The highest BCUT2D eigenvalue weighted by Gasteiger charge is 2.46. The number of carboxylic acid groups (broad SMARTS) is 1. The Labute approximate surface area is 107 Å². The lowest BCUT2D eigenvalue weighted by Crippen LogP contribution is -2.45. The van der Waals surface area contributed by atoms with Gasteiger partial charge in [-0.1, -0.05) is 6.42 Å². The van der Waals surface area contributed by atoms with Crippen molar-refractivity contribution in [2.45, 2.75) is 43.4 Å². The molecular weight excluding hydrogens is 258 g/mol. The van der Waals surface area contributed by atoms with Crippen LogP contribution >= 0.6 is 0 Å². The molecule has 2 N–H and O–H groups in total. The molecule has 2 fully saturated rings. The smallest absolute Gasteiger partial charge is 0.307 e. The number of carbonyl (C=O) groups is 1. The third kappa shape index (κ3) is 2.26. The Hall–Kier alpha value is -0.660. The van der Waals surface area contributed by atoms with Crippen LogP contribution in [0.15, 0.2) is 0 Å². The Morgan fingerprint density at radius 1 is 1.22 bits per heavy atom. The van der Waals surface area contributed by atoms with Gasteiger partial charge in [0.15, 0.2) is 0 Å². The van der Waals surface area contributed by atoms with Gasteiger partial charge >= 0.3 is 5.97 Å². The summed E-state index contributed by atoms with van der Waals surface area (Å²) in [4.78, 5) is 11.1. The summed E-state index contributed by atoms with van der Waals surface area (Å²) in [5.74, 6) is -1.82. The van der Waals surface area contributed by atoms with Gasteiger partial charge in [-0.3, -0.25) is 4.79 Å². The van der Waals surface area contributed by atoms with Crippen molar-refractivity contribution in [2.75, 3.05) is 13.2 Å². The molecule has 3 atom stereocenters. The zero-order valence-electron chi connectivity index (χ0n) is 10.2. The van der Waals surface area contributed by atoms with E-state index in [1.54, 1.807) is 0 Å². The number of hydrogen-bond donors (Lipinski definition) is 2. The maximum absolute atomic E-state index is 12.5. The normalized spacial score (nSPS) is 33.9. The number of hydrogen-bond acceptors (Lipinski definition) is 4. The molecule has 7 heteroatoms. The van der Waals surface area contributed by atoms with E-state index in [0.717, 1.165) is 6.42 Å². The van der Waals surface area contributed by atoms with Crippen LogP contribution in [0.1, 0.15) is 32.1 Å². The predicted molar refractivity (Wildman–Crippen MR) is 64.5 cm³/mol. The zero-order valence-corrected chi connectivity index (χ0v) is 11.0. The number of sulfonamides is 1. The lowest BCUT2D eigenvalue weighted by atomic mass is 10.1. The molecular formula is C11H19NO5S. The van der Waals surface area contributed by atoms with Gasteiger partial charge in [0.1, 0.15) is 0 Å². The van der Waals surface area contributed by atoms with Crippen molar-refractivity contribution in [3.63, 3.8) is 0 Å². The minimum atomic E-state index is -3.60. The summed E-state index contributed by atoms with van der Waals surface area (Å²) in [6.45, 7) is 0.208. The molecule has 104 valence electrons. The summed E-state index contributed by atoms with van der Waals surface area (Å²) in [6, 6.07) is -0.370. The minimum absolute atomic E-state index is 0.191. The van der Waals surface area contributed by atoms with Crippen molar-refractivity contribution in [1.82, 2.24) is 4.31 Å². The molecule has 0 aromatic rings. The fourth-order valence-corrected chi connectivity index (χ4v) is 5.52. The third-order valence-electron chi connectivity index (χ3n) is 4.01. The summed E-state index contributed by atoms with van der Waals surface area (Å²) in [7, 11) is -3.60. The zero-order chi connectivity index (χ0) is 13.3. The summed E-state index contributed by atoms with van der Waals surface area (Å²) in [5, 5.41) is 17.5. The van der Waals surface area contributed by atoms with Gasteiger partial charge in [-0.2, -0.15) is 4.31 Å². The molecule has 1 saturated heterocycles. The monoisotopic (exact) mass is 277 g/mol. The number of nitrogens with zero attached hydrogens (tertiary/aromatic N) is 1. The van der Waals surface area contributed by atoms with Crippen LogP contribution in [-0.4, -0.2) is 53.3 Å². The molecule has 2 rings (SSSR count). The van der Waals surface area contributed by atoms with Crippen LogP contribution in [-0.2, 0) is 14.8 Å². The first kappa shape index (κ1) is 13.8. The van der Waals surface area contributed by atoms with E-state index in [-0.39, 0.29) is 12.6 Å². The standard InChI is InChI=1S/C11H19NO5S/c13-7-8-3-2-6-12(8)18(16,17)10-5-1-4-9(10)11(14)15/h8-10,13H,1-7H2,(H,14,15). The van der Waals surface area contributed by atoms with Crippen LogP contribution in [0.25, 0.3) is 0 Å². The molecule has 3 unspecified atom stereocenters. The summed E-state index contributed by atoms with van der Waals surface area (Å²) in [6.07, 6.45) is 2.86. The molecule has 0 radical (unpaired) electrons. The van der Waals surface area contributed by atoms with Crippen molar-refractivity contribution in [1.29, 1.82) is 0 Å². The van der Waals surface area contributed by atoms with Crippen LogP contribution in [0.2, 0.25) is 0 Å². The number of rotatable bonds is 4. The molecule has 1 aliphatic heterocycles. The number of aliphatic carboxylic acids is 1. The first-order valence-corrected chi connectivity index (χ1v) is 7.83. The molecule has 6 nitrogen and oxygen atoms in total. The quantitative estimate of drug-likeness (QED) is 0.755. The van der Waals surface area contributed by atoms with Gasteiger partial charge in [0.2, 0.25) is 10.0 Å². The molecule has 1 aliphatic carbocycles. The second-order valence-electron chi connectivity index (χ2n) is 5.05. The Balaban J connectivity index is 2.22. The van der Waals surface area contributed by atoms with Gasteiger partial charge in [0, 0.05) is 12.6 Å². The van der Waals surface area contributed by atoms with Gasteiger partial charge in [-0.25, -0.2) is 8.42 Å². The molecule has 0 aromatic carbocycles. The van der Waals surface area contributed by atoms with Crippen molar-refractivity contribution in [2.24, 2.45) is 5.92 Å². The van der Waals surface area contributed by atoms with Crippen molar-refractivity contribution in [3.8, 4) is 0 Å². The Morgan fingerprint density at radius 2 is 1.94 bits per heavy atom. The third-order valence-corrected chi connectivity index (χ3v) is 6.48. The van der Waals surface area contributed by atoms with E-state index in [0.29, 0.717) is 32.2 Å². The van der Waals surface area contributed by atoms with Gasteiger partial charge in [-0.15, -0.1) is 0 Å². The molecule has 2 aliphatic rings. The number of carboxylic acids is 1. The lowest BCUT2D eigenvalue weighted by Gasteiger charge is -2.27. The Bertz CT molecular complexity index is 421. The van der Waals surface area contributed by atoms with Gasteiger partial charge in [0.25, 0.3) is 0 Å². The van der Waals surface area contributed by atoms with E-state index >= 15 is 0 Å². The maximum atomic E-state index is 12.5. The van der Waals surface area contributed by atoms with Crippen LogP contribution in [0.5, 0.6) is 0 Å².